The molecule has 0 amide bonds. The summed E-state index contributed by atoms with van der Waals surface area (Å²) in [7, 11) is 0. The number of para-hydroxylation sites is 1. The predicted octanol–water partition coefficient (Wildman–Crippen LogP) is 4.10. The van der Waals surface area contributed by atoms with Crippen LogP contribution in [0.4, 0.5) is 11.4 Å². The van der Waals surface area contributed by atoms with Crippen molar-refractivity contribution in [3.8, 4) is 0 Å². The van der Waals surface area contributed by atoms with Crippen molar-refractivity contribution in [2.75, 3.05) is 11.9 Å². The number of pyridine rings is 1. The molecule has 122 valence electrons. The van der Waals surface area contributed by atoms with Crippen LogP contribution in [0, 0.1) is 0 Å². The van der Waals surface area contributed by atoms with Crippen molar-refractivity contribution in [2.24, 2.45) is 0 Å². The third kappa shape index (κ3) is 3.12. The lowest BCUT2D eigenvalue weighted by molar-refractivity contribution is 0.0525. The maximum absolute atomic E-state index is 12.4. The summed E-state index contributed by atoms with van der Waals surface area (Å²) in [5.74, 6) is -0.666. The van der Waals surface area contributed by atoms with E-state index in [1.807, 2.05) is 18.2 Å². The zero-order chi connectivity index (χ0) is 17.1. The first kappa shape index (κ1) is 16.1. The summed E-state index contributed by atoms with van der Waals surface area (Å²) in [6.45, 7) is 1.88. The zero-order valence-electron chi connectivity index (χ0n) is 12.9. The van der Waals surface area contributed by atoms with Gasteiger partial charge in [-0.25, -0.2) is 4.79 Å². The fourth-order valence-electron chi connectivity index (χ4n) is 2.45. The number of rotatable bonds is 4. The maximum Gasteiger partial charge on any atom is 0.345 e. The lowest BCUT2D eigenvalue weighted by atomic mass is 10.1. The average molecular weight is 343 g/mol. The van der Waals surface area contributed by atoms with Crippen LogP contribution in [0.15, 0.2) is 53.3 Å². The van der Waals surface area contributed by atoms with E-state index in [2.05, 4.69) is 10.3 Å². The highest BCUT2D eigenvalue weighted by atomic mass is 35.5. The second kappa shape index (κ2) is 6.76. The van der Waals surface area contributed by atoms with Crippen LogP contribution >= 0.6 is 11.6 Å². The van der Waals surface area contributed by atoms with Gasteiger partial charge in [-0.3, -0.25) is 4.79 Å². The van der Waals surface area contributed by atoms with Gasteiger partial charge < -0.3 is 15.0 Å². The second-order valence-corrected chi connectivity index (χ2v) is 5.54. The third-order valence-electron chi connectivity index (χ3n) is 3.51. The molecular weight excluding hydrogens is 328 g/mol. The minimum Gasteiger partial charge on any atom is -0.462 e. The first-order chi connectivity index (χ1) is 11.6. The first-order valence-electron chi connectivity index (χ1n) is 7.45. The summed E-state index contributed by atoms with van der Waals surface area (Å²) >= 11 is 5.90. The highest BCUT2D eigenvalue weighted by Gasteiger charge is 2.20. The standard InChI is InChI=1S/C18H15ClN2O3/c1-2-24-18(23)15-16(20-12-9-7-11(19)8-10-12)13-5-3-4-6-14(13)21-17(15)22/h3-10H,2H2,1H3,(H2,20,21,22). The summed E-state index contributed by atoms with van der Waals surface area (Å²) in [4.78, 5) is 27.4. The molecule has 0 aliphatic heterocycles. The number of anilines is 2. The molecule has 0 bridgehead atoms. The van der Waals surface area contributed by atoms with E-state index < -0.39 is 11.5 Å². The van der Waals surface area contributed by atoms with E-state index in [1.165, 1.54) is 0 Å². The number of aromatic amines is 1. The minimum atomic E-state index is -0.666. The molecule has 6 heteroatoms. The lowest BCUT2D eigenvalue weighted by Gasteiger charge is -2.14. The summed E-state index contributed by atoms with van der Waals surface area (Å²) in [5.41, 5.74) is 1.21. The smallest absolute Gasteiger partial charge is 0.345 e. The Balaban J connectivity index is 2.21. The Labute approximate surface area is 143 Å². The number of nitrogens with one attached hydrogen (secondary N) is 2. The molecular formula is C18H15ClN2O3. The van der Waals surface area contributed by atoms with Gasteiger partial charge in [-0.1, -0.05) is 29.8 Å². The van der Waals surface area contributed by atoms with Crippen molar-refractivity contribution in [3.63, 3.8) is 0 Å². The van der Waals surface area contributed by atoms with Crippen LogP contribution < -0.4 is 10.9 Å². The van der Waals surface area contributed by atoms with Crippen molar-refractivity contribution >= 4 is 39.8 Å². The molecule has 0 atom stereocenters. The summed E-state index contributed by atoms with van der Waals surface area (Å²) in [5, 5.41) is 4.46. The van der Waals surface area contributed by atoms with Gasteiger partial charge in [0.15, 0.2) is 0 Å². The van der Waals surface area contributed by atoms with Gasteiger partial charge >= 0.3 is 5.97 Å². The number of aromatic nitrogens is 1. The molecule has 3 aromatic rings. The molecule has 1 heterocycles. The number of esters is 1. The predicted molar refractivity (Wildman–Crippen MR) is 95.3 cm³/mol. The van der Waals surface area contributed by atoms with Gasteiger partial charge in [0.05, 0.1) is 17.8 Å². The fourth-order valence-corrected chi connectivity index (χ4v) is 2.57. The molecule has 2 aromatic carbocycles. The van der Waals surface area contributed by atoms with E-state index in [4.69, 9.17) is 16.3 Å². The van der Waals surface area contributed by atoms with Crippen molar-refractivity contribution in [1.29, 1.82) is 0 Å². The van der Waals surface area contributed by atoms with Crippen LogP contribution in [-0.4, -0.2) is 17.6 Å². The van der Waals surface area contributed by atoms with Crippen LogP contribution in [-0.2, 0) is 4.74 Å². The number of halogens is 1. The largest absolute Gasteiger partial charge is 0.462 e. The number of carbonyl (C=O) groups is 1. The van der Waals surface area contributed by atoms with Gasteiger partial charge in [0, 0.05) is 16.1 Å². The highest BCUT2D eigenvalue weighted by molar-refractivity contribution is 6.30. The highest BCUT2D eigenvalue weighted by Crippen LogP contribution is 2.28. The zero-order valence-corrected chi connectivity index (χ0v) is 13.7. The fraction of sp³-hybridized carbons (Fsp3) is 0.111. The molecule has 0 unspecified atom stereocenters. The molecule has 0 spiro atoms. The molecule has 3 rings (SSSR count). The normalized spacial score (nSPS) is 10.6. The van der Waals surface area contributed by atoms with Crippen LogP contribution in [0.25, 0.3) is 10.9 Å². The SMILES string of the molecule is CCOC(=O)c1c(Nc2ccc(Cl)cc2)c2ccccc2[nH]c1=O. The summed E-state index contributed by atoms with van der Waals surface area (Å²) in [6.07, 6.45) is 0. The van der Waals surface area contributed by atoms with E-state index in [-0.39, 0.29) is 12.2 Å². The van der Waals surface area contributed by atoms with E-state index in [1.54, 1.807) is 37.3 Å². The topological polar surface area (TPSA) is 71.2 Å². The Morgan fingerprint density at radius 1 is 1.17 bits per heavy atom. The van der Waals surface area contributed by atoms with Crippen molar-refractivity contribution < 1.29 is 9.53 Å². The van der Waals surface area contributed by atoms with Gasteiger partial charge in [0.1, 0.15) is 5.56 Å². The Bertz CT molecular complexity index is 949. The molecule has 0 saturated carbocycles. The number of hydrogen-bond acceptors (Lipinski definition) is 4. The minimum absolute atomic E-state index is 0.0505. The molecule has 0 radical (unpaired) electrons. The molecule has 0 saturated heterocycles. The number of fused-ring (bicyclic) bond motifs is 1. The quantitative estimate of drug-likeness (QED) is 0.700. The number of carbonyl (C=O) groups excluding carboxylic acids is 1. The Hall–Kier alpha value is -2.79. The van der Waals surface area contributed by atoms with Gasteiger partial charge in [-0.05, 0) is 37.3 Å². The maximum atomic E-state index is 12.4. The number of H-pyrrole nitrogens is 1. The van der Waals surface area contributed by atoms with Crippen LogP contribution in [0.5, 0.6) is 0 Å². The van der Waals surface area contributed by atoms with Crippen LogP contribution in [0.3, 0.4) is 0 Å². The van der Waals surface area contributed by atoms with Gasteiger partial charge in [0.2, 0.25) is 0 Å². The number of hydrogen-bond donors (Lipinski definition) is 2. The van der Waals surface area contributed by atoms with E-state index in [0.717, 1.165) is 5.39 Å². The van der Waals surface area contributed by atoms with Crippen LogP contribution in [0.1, 0.15) is 17.3 Å². The van der Waals surface area contributed by atoms with Gasteiger partial charge in [0.25, 0.3) is 5.56 Å². The van der Waals surface area contributed by atoms with Crippen molar-refractivity contribution in [2.45, 2.75) is 6.92 Å². The van der Waals surface area contributed by atoms with Gasteiger partial charge in [-0.2, -0.15) is 0 Å². The Morgan fingerprint density at radius 2 is 1.88 bits per heavy atom. The molecule has 24 heavy (non-hydrogen) atoms. The first-order valence-corrected chi connectivity index (χ1v) is 7.82. The molecule has 0 fully saturated rings. The van der Waals surface area contributed by atoms with Crippen LogP contribution in [0.2, 0.25) is 5.02 Å². The lowest BCUT2D eigenvalue weighted by Crippen LogP contribution is -2.22. The molecule has 0 aliphatic carbocycles. The molecule has 1 aromatic heterocycles. The van der Waals surface area contributed by atoms with Gasteiger partial charge in [-0.15, -0.1) is 0 Å². The monoisotopic (exact) mass is 342 g/mol. The molecule has 5 nitrogen and oxygen atoms in total. The number of benzene rings is 2. The summed E-state index contributed by atoms with van der Waals surface area (Å²) in [6, 6.07) is 14.2. The second-order valence-electron chi connectivity index (χ2n) is 5.10. The molecule has 0 aliphatic rings. The summed E-state index contributed by atoms with van der Waals surface area (Å²) < 4.78 is 5.04. The Kier molecular flexibility index (Phi) is 4.53. The Morgan fingerprint density at radius 3 is 2.58 bits per heavy atom. The van der Waals surface area contributed by atoms with E-state index in [0.29, 0.717) is 21.9 Å². The van der Waals surface area contributed by atoms with E-state index >= 15 is 0 Å². The van der Waals surface area contributed by atoms with Crippen molar-refractivity contribution in [1.82, 2.24) is 4.98 Å². The number of ether oxygens (including phenoxy) is 1. The third-order valence-corrected chi connectivity index (χ3v) is 3.77. The van der Waals surface area contributed by atoms with E-state index in [9.17, 15) is 9.59 Å². The average Bonchev–Trinajstić information content (AvgIpc) is 2.57. The van der Waals surface area contributed by atoms with Crippen molar-refractivity contribution in [3.05, 3.63) is 69.5 Å². The molecule has 2 N–H and O–H groups in total.